The van der Waals surface area contributed by atoms with Crippen LogP contribution in [0.3, 0.4) is 0 Å². The molecular weight excluding hydrogens is 306 g/mol. The Balaban J connectivity index is 2.15. The van der Waals surface area contributed by atoms with Crippen LogP contribution in [-0.4, -0.2) is 33.4 Å². The summed E-state index contributed by atoms with van der Waals surface area (Å²) in [5, 5.41) is 4.97. The van der Waals surface area contributed by atoms with Gasteiger partial charge in [-0.1, -0.05) is 11.6 Å². The summed E-state index contributed by atoms with van der Waals surface area (Å²) in [5.41, 5.74) is 1.48. The van der Waals surface area contributed by atoms with E-state index in [1.165, 1.54) is 6.20 Å². The lowest BCUT2D eigenvalue weighted by molar-refractivity contribution is 0.0515. The second-order valence-corrected chi connectivity index (χ2v) is 5.52. The van der Waals surface area contributed by atoms with Gasteiger partial charge in [-0.3, -0.25) is 4.98 Å². The van der Waals surface area contributed by atoms with E-state index >= 15 is 0 Å². The molecule has 7 heteroatoms. The maximum atomic E-state index is 12.4. The van der Waals surface area contributed by atoms with Gasteiger partial charge in [0.15, 0.2) is 0 Å². The molecule has 0 bridgehead atoms. The van der Waals surface area contributed by atoms with Crippen molar-refractivity contribution in [2.45, 2.75) is 32.9 Å². The number of esters is 1. The zero-order chi connectivity index (χ0) is 15.7. The zero-order valence-corrected chi connectivity index (χ0v) is 13.1. The minimum absolute atomic E-state index is 0.0303. The Morgan fingerprint density at radius 1 is 1.55 bits per heavy atom. The van der Waals surface area contributed by atoms with E-state index in [0.29, 0.717) is 34.3 Å². The standard InChI is InChI=1S/C15H16ClN3O3/c1-3-21-15(20)12-13(10-6-11(16)8-17-7-10)18-19-5-4-9(2)22-14(12)19/h6-9H,3-5H2,1-2H3/t9-/m1/s1. The van der Waals surface area contributed by atoms with E-state index < -0.39 is 5.97 Å². The van der Waals surface area contributed by atoms with E-state index in [2.05, 4.69) is 10.1 Å². The predicted molar refractivity (Wildman–Crippen MR) is 81.1 cm³/mol. The minimum Gasteiger partial charge on any atom is -0.474 e. The van der Waals surface area contributed by atoms with Crippen molar-refractivity contribution in [3.8, 4) is 17.1 Å². The van der Waals surface area contributed by atoms with Crippen molar-refractivity contribution in [1.29, 1.82) is 0 Å². The summed E-state index contributed by atoms with van der Waals surface area (Å²) in [6, 6.07) is 1.72. The first-order valence-corrected chi connectivity index (χ1v) is 7.53. The number of aromatic nitrogens is 3. The van der Waals surface area contributed by atoms with Gasteiger partial charge in [-0.15, -0.1) is 0 Å². The number of hydrogen-bond donors (Lipinski definition) is 0. The Labute approximate surface area is 133 Å². The Bertz CT molecular complexity index is 714. The van der Waals surface area contributed by atoms with Gasteiger partial charge in [0.2, 0.25) is 5.88 Å². The molecule has 1 atom stereocenters. The molecule has 0 N–H and O–H groups in total. The van der Waals surface area contributed by atoms with Crippen LogP contribution in [0.1, 0.15) is 30.6 Å². The van der Waals surface area contributed by atoms with Crippen molar-refractivity contribution < 1.29 is 14.3 Å². The molecule has 6 nitrogen and oxygen atoms in total. The molecule has 0 unspecified atom stereocenters. The normalized spacial score (nSPS) is 16.8. The molecule has 2 aromatic heterocycles. The number of carbonyl (C=O) groups is 1. The van der Waals surface area contributed by atoms with Crippen molar-refractivity contribution >= 4 is 17.6 Å². The summed E-state index contributed by atoms with van der Waals surface area (Å²) in [6.45, 7) is 4.70. The van der Waals surface area contributed by atoms with Gasteiger partial charge in [-0.05, 0) is 19.9 Å². The summed E-state index contributed by atoms with van der Waals surface area (Å²) in [4.78, 5) is 16.4. The molecule has 0 aliphatic carbocycles. The fraction of sp³-hybridized carbons (Fsp3) is 0.400. The van der Waals surface area contributed by atoms with Crippen LogP contribution in [0, 0.1) is 0 Å². The summed E-state index contributed by atoms with van der Waals surface area (Å²) < 4.78 is 12.7. The Morgan fingerprint density at radius 3 is 3.09 bits per heavy atom. The van der Waals surface area contributed by atoms with Crippen molar-refractivity contribution in [1.82, 2.24) is 14.8 Å². The highest BCUT2D eigenvalue weighted by Crippen LogP contribution is 2.34. The van der Waals surface area contributed by atoms with Crippen LogP contribution in [-0.2, 0) is 11.3 Å². The molecule has 3 heterocycles. The monoisotopic (exact) mass is 321 g/mol. The topological polar surface area (TPSA) is 66.2 Å². The molecule has 2 aromatic rings. The number of carbonyl (C=O) groups excluding carboxylic acids is 1. The van der Waals surface area contributed by atoms with E-state index in [1.807, 2.05) is 6.92 Å². The van der Waals surface area contributed by atoms with Crippen molar-refractivity contribution in [3.05, 3.63) is 29.0 Å². The van der Waals surface area contributed by atoms with Crippen LogP contribution < -0.4 is 4.74 Å². The molecule has 0 aromatic carbocycles. The van der Waals surface area contributed by atoms with E-state index in [4.69, 9.17) is 21.1 Å². The van der Waals surface area contributed by atoms with E-state index in [-0.39, 0.29) is 12.7 Å². The largest absolute Gasteiger partial charge is 0.474 e. The van der Waals surface area contributed by atoms with Gasteiger partial charge in [-0.2, -0.15) is 5.10 Å². The number of halogens is 1. The van der Waals surface area contributed by atoms with E-state index in [1.54, 1.807) is 23.9 Å². The third kappa shape index (κ3) is 2.66. The van der Waals surface area contributed by atoms with Crippen LogP contribution in [0.5, 0.6) is 5.88 Å². The van der Waals surface area contributed by atoms with E-state index in [9.17, 15) is 4.79 Å². The molecule has 3 rings (SSSR count). The number of hydrogen-bond acceptors (Lipinski definition) is 5. The number of fused-ring (bicyclic) bond motifs is 1. The quantitative estimate of drug-likeness (QED) is 0.813. The molecule has 0 saturated carbocycles. The predicted octanol–water partition coefficient (Wildman–Crippen LogP) is 2.95. The SMILES string of the molecule is CCOC(=O)c1c(-c2cncc(Cl)c2)nn2c1O[C@H](C)CC2. The fourth-order valence-corrected chi connectivity index (χ4v) is 2.58. The average molecular weight is 322 g/mol. The van der Waals surface area contributed by atoms with Crippen LogP contribution in [0.15, 0.2) is 18.5 Å². The first kappa shape index (κ1) is 14.8. The van der Waals surface area contributed by atoms with Gasteiger partial charge in [0.05, 0.1) is 17.7 Å². The molecular formula is C15H16ClN3O3. The summed E-state index contributed by atoms with van der Waals surface area (Å²) in [5.74, 6) is 0.000000945. The summed E-state index contributed by atoms with van der Waals surface area (Å²) >= 11 is 5.99. The zero-order valence-electron chi connectivity index (χ0n) is 12.4. The molecule has 0 saturated heterocycles. The van der Waals surface area contributed by atoms with Crippen LogP contribution in [0.2, 0.25) is 5.02 Å². The maximum absolute atomic E-state index is 12.4. The van der Waals surface area contributed by atoms with Gasteiger partial charge >= 0.3 is 5.97 Å². The average Bonchev–Trinajstić information content (AvgIpc) is 2.86. The smallest absolute Gasteiger partial charge is 0.345 e. The highest BCUT2D eigenvalue weighted by molar-refractivity contribution is 6.30. The van der Waals surface area contributed by atoms with Gasteiger partial charge in [0.25, 0.3) is 0 Å². The molecule has 0 fully saturated rings. The fourth-order valence-electron chi connectivity index (χ4n) is 2.40. The summed E-state index contributed by atoms with van der Waals surface area (Å²) in [6.07, 6.45) is 4.02. The van der Waals surface area contributed by atoms with Gasteiger partial charge < -0.3 is 9.47 Å². The van der Waals surface area contributed by atoms with Gasteiger partial charge in [-0.25, -0.2) is 9.48 Å². The van der Waals surface area contributed by atoms with Crippen LogP contribution in [0.4, 0.5) is 0 Å². The maximum Gasteiger partial charge on any atom is 0.345 e. The number of nitrogens with zero attached hydrogens (tertiary/aromatic N) is 3. The minimum atomic E-state index is -0.451. The van der Waals surface area contributed by atoms with Crippen LogP contribution >= 0.6 is 11.6 Å². The summed E-state index contributed by atoms with van der Waals surface area (Å²) in [7, 11) is 0. The van der Waals surface area contributed by atoms with Crippen molar-refractivity contribution in [2.24, 2.45) is 0 Å². The molecule has 1 aliphatic rings. The van der Waals surface area contributed by atoms with Crippen LogP contribution in [0.25, 0.3) is 11.3 Å². The highest BCUT2D eigenvalue weighted by atomic mass is 35.5. The third-order valence-corrected chi connectivity index (χ3v) is 3.63. The first-order valence-electron chi connectivity index (χ1n) is 7.15. The molecule has 0 amide bonds. The van der Waals surface area contributed by atoms with Crippen molar-refractivity contribution in [2.75, 3.05) is 6.61 Å². The molecule has 22 heavy (non-hydrogen) atoms. The number of rotatable bonds is 3. The second kappa shape index (κ2) is 5.96. The molecule has 116 valence electrons. The van der Waals surface area contributed by atoms with Crippen molar-refractivity contribution in [3.63, 3.8) is 0 Å². The number of aryl methyl sites for hydroxylation is 1. The third-order valence-electron chi connectivity index (χ3n) is 3.42. The first-order chi connectivity index (χ1) is 10.6. The molecule has 0 radical (unpaired) electrons. The lowest BCUT2D eigenvalue weighted by Gasteiger charge is -2.21. The number of pyridine rings is 1. The lowest BCUT2D eigenvalue weighted by Crippen LogP contribution is -2.24. The molecule has 0 spiro atoms. The Morgan fingerprint density at radius 2 is 2.36 bits per heavy atom. The molecule has 1 aliphatic heterocycles. The van der Waals surface area contributed by atoms with E-state index in [0.717, 1.165) is 6.42 Å². The number of ether oxygens (including phenoxy) is 2. The Kier molecular flexibility index (Phi) is 4.02. The van der Waals surface area contributed by atoms with Gasteiger partial charge in [0, 0.05) is 30.9 Å². The highest BCUT2D eigenvalue weighted by Gasteiger charge is 2.31. The Hall–Kier alpha value is -2.08. The second-order valence-electron chi connectivity index (χ2n) is 5.08. The van der Waals surface area contributed by atoms with Gasteiger partial charge in [0.1, 0.15) is 11.3 Å². The lowest BCUT2D eigenvalue weighted by atomic mass is 10.1.